The molecule has 0 bridgehead atoms. The lowest BCUT2D eigenvalue weighted by Crippen LogP contribution is -2.50. The summed E-state index contributed by atoms with van der Waals surface area (Å²) in [5, 5.41) is 4.74. The summed E-state index contributed by atoms with van der Waals surface area (Å²) in [4.78, 5) is 21.5. The lowest BCUT2D eigenvalue weighted by Gasteiger charge is -2.36. The van der Waals surface area contributed by atoms with Crippen LogP contribution in [-0.2, 0) is 11.3 Å². The summed E-state index contributed by atoms with van der Waals surface area (Å²) in [7, 11) is 0. The summed E-state index contributed by atoms with van der Waals surface area (Å²) in [6.07, 6.45) is 5.80. The second-order valence-electron chi connectivity index (χ2n) is 7.46. The van der Waals surface area contributed by atoms with Crippen molar-refractivity contribution in [2.24, 2.45) is 5.92 Å². The smallest absolute Gasteiger partial charge is 0.258 e. The summed E-state index contributed by atoms with van der Waals surface area (Å²) >= 11 is 6.02. The first kappa shape index (κ1) is 18.4. The first-order valence-electron chi connectivity index (χ1n) is 9.79. The molecule has 0 atom stereocenters. The van der Waals surface area contributed by atoms with E-state index >= 15 is 0 Å². The number of amides is 1. The fourth-order valence-corrected chi connectivity index (χ4v) is 4.18. The van der Waals surface area contributed by atoms with Crippen molar-refractivity contribution in [1.82, 2.24) is 19.9 Å². The minimum absolute atomic E-state index is 0.253. The number of benzene rings is 1. The van der Waals surface area contributed by atoms with Gasteiger partial charge < -0.3 is 9.42 Å². The number of aromatic nitrogens is 2. The Morgan fingerprint density at radius 2 is 1.93 bits per heavy atom. The van der Waals surface area contributed by atoms with Crippen LogP contribution in [0, 0.1) is 5.92 Å². The highest BCUT2D eigenvalue weighted by atomic mass is 35.5. The molecule has 1 saturated carbocycles. The summed E-state index contributed by atoms with van der Waals surface area (Å²) in [5.74, 6) is 1.76. The number of rotatable bonds is 4. The van der Waals surface area contributed by atoms with Gasteiger partial charge in [0, 0.05) is 42.7 Å². The van der Waals surface area contributed by atoms with Crippen LogP contribution in [0.3, 0.4) is 0 Å². The van der Waals surface area contributed by atoms with Crippen LogP contribution in [0.15, 0.2) is 28.8 Å². The Balaban J connectivity index is 1.30. The number of carbonyl (C=O) groups is 1. The molecular weight excluding hydrogens is 364 g/mol. The van der Waals surface area contributed by atoms with Gasteiger partial charge in [-0.1, -0.05) is 42.1 Å². The van der Waals surface area contributed by atoms with Gasteiger partial charge in [-0.2, -0.15) is 4.98 Å². The molecule has 4 rings (SSSR count). The van der Waals surface area contributed by atoms with Gasteiger partial charge in [-0.3, -0.25) is 9.69 Å². The maximum absolute atomic E-state index is 12.7. The molecule has 1 saturated heterocycles. The number of halogens is 1. The normalized spacial score (nSPS) is 19.4. The highest BCUT2D eigenvalue weighted by Gasteiger charge is 2.28. The van der Waals surface area contributed by atoms with E-state index in [4.69, 9.17) is 16.1 Å². The molecule has 2 aromatic rings. The Labute approximate surface area is 164 Å². The van der Waals surface area contributed by atoms with Gasteiger partial charge in [0.1, 0.15) is 0 Å². The van der Waals surface area contributed by atoms with E-state index in [1.165, 1.54) is 19.3 Å². The molecule has 144 valence electrons. The molecule has 2 heterocycles. The molecule has 1 aromatic heterocycles. The molecule has 1 aliphatic carbocycles. The second kappa shape index (κ2) is 8.40. The number of carbonyl (C=O) groups excluding carboxylic acids is 1. The molecule has 2 fully saturated rings. The molecule has 0 unspecified atom stereocenters. The standard InChI is InChI=1S/C20H25ClN4O2/c21-17-8-4-7-16(13-17)19-22-18(23-27-19)14-24-9-11-25(12-10-24)20(26)15-5-2-1-3-6-15/h4,7-8,13,15H,1-3,5-6,9-12,14H2. The fraction of sp³-hybridized carbons (Fsp3) is 0.550. The Hall–Kier alpha value is -1.92. The van der Waals surface area contributed by atoms with Crippen molar-refractivity contribution in [2.75, 3.05) is 26.2 Å². The SMILES string of the molecule is O=C(C1CCCCC1)N1CCN(Cc2noc(-c3cccc(Cl)c3)n2)CC1. The zero-order valence-corrected chi connectivity index (χ0v) is 16.2. The largest absolute Gasteiger partial charge is 0.340 e. The summed E-state index contributed by atoms with van der Waals surface area (Å²) in [6, 6.07) is 7.40. The number of hydrogen-bond donors (Lipinski definition) is 0. The summed E-state index contributed by atoms with van der Waals surface area (Å²) in [6.45, 7) is 3.90. The van der Waals surface area contributed by atoms with Crippen molar-refractivity contribution in [2.45, 2.75) is 38.6 Å². The van der Waals surface area contributed by atoms with E-state index in [9.17, 15) is 4.79 Å². The van der Waals surface area contributed by atoms with E-state index in [1.54, 1.807) is 0 Å². The molecule has 0 N–H and O–H groups in total. The molecule has 7 heteroatoms. The minimum Gasteiger partial charge on any atom is -0.340 e. The van der Waals surface area contributed by atoms with E-state index in [0.29, 0.717) is 29.2 Å². The van der Waals surface area contributed by atoms with Crippen LogP contribution in [0.5, 0.6) is 0 Å². The van der Waals surface area contributed by atoms with Crippen molar-refractivity contribution in [3.05, 3.63) is 35.1 Å². The Kier molecular flexibility index (Phi) is 5.74. The Morgan fingerprint density at radius 3 is 2.67 bits per heavy atom. The molecule has 1 amide bonds. The Bertz CT molecular complexity index is 780. The van der Waals surface area contributed by atoms with E-state index in [1.807, 2.05) is 29.2 Å². The van der Waals surface area contributed by atoms with Crippen LogP contribution < -0.4 is 0 Å². The quantitative estimate of drug-likeness (QED) is 0.800. The van der Waals surface area contributed by atoms with Crippen LogP contribution >= 0.6 is 11.6 Å². The molecule has 1 aromatic carbocycles. The first-order chi connectivity index (χ1) is 13.2. The van der Waals surface area contributed by atoms with Crippen molar-refractivity contribution < 1.29 is 9.32 Å². The first-order valence-corrected chi connectivity index (χ1v) is 10.2. The molecular formula is C20H25ClN4O2. The van der Waals surface area contributed by atoms with Crippen molar-refractivity contribution >= 4 is 17.5 Å². The Morgan fingerprint density at radius 1 is 1.15 bits per heavy atom. The van der Waals surface area contributed by atoms with E-state index in [-0.39, 0.29) is 5.92 Å². The van der Waals surface area contributed by atoms with Gasteiger partial charge in [-0.25, -0.2) is 0 Å². The van der Waals surface area contributed by atoms with Gasteiger partial charge in [0.2, 0.25) is 5.91 Å². The predicted molar refractivity (Wildman–Crippen MR) is 103 cm³/mol. The summed E-state index contributed by atoms with van der Waals surface area (Å²) < 4.78 is 5.37. The van der Waals surface area contributed by atoms with E-state index < -0.39 is 0 Å². The summed E-state index contributed by atoms with van der Waals surface area (Å²) in [5.41, 5.74) is 0.823. The average Bonchev–Trinajstić information content (AvgIpc) is 3.17. The molecule has 27 heavy (non-hydrogen) atoms. The zero-order chi connectivity index (χ0) is 18.6. The topological polar surface area (TPSA) is 62.5 Å². The van der Waals surface area contributed by atoms with Gasteiger partial charge in [0.05, 0.1) is 6.54 Å². The van der Waals surface area contributed by atoms with Crippen molar-refractivity contribution in [3.63, 3.8) is 0 Å². The van der Waals surface area contributed by atoms with Crippen molar-refractivity contribution in [1.29, 1.82) is 0 Å². The lowest BCUT2D eigenvalue weighted by atomic mass is 9.88. The predicted octanol–water partition coefficient (Wildman–Crippen LogP) is 3.61. The second-order valence-corrected chi connectivity index (χ2v) is 7.90. The van der Waals surface area contributed by atoms with Crippen LogP contribution in [0.4, 0.5) is 0 Å². The van der Waals surface area contributed by atoms with E-state index in [0.717, 1.165) is 44.6 Å². The minimum atomic E-state index is 0.253. The van der Waals surface area contributed by atoms with Crippen LogP contribution in [0.1, 0.15) is 37.9 Å². The molecule has 2 aliphatic rings. The van der Waals surface area contributed by atoms with Crippen LogP contribution in [0.2, 0.25) is 5.02 Å². The van der Waals surface area contributed by atoms with Crippen LogP contribution in [0.25, 0.3) is 11.5 Å². The van der Waals surface area contributed by atoms with Crippen LogP contribution in [-0.4, -0.2) is 52.0 Å². The third-order valence-electron chi connectivity index (χ3n) is 5.54. The van der Waals surface area contributed by atoms with Gasteiger partial charge in [0.15, 0.2) is 5.82 Å². The zero-order valence-electron chi connectivity index (χ0n) is 15.4. The van der Waals surface area contributed by atoms with Crippen molar-refractivity contribution in [3.8, 4) is 11.5 Å². The third kappa shape index (κ3) is 4.50. The number of piperazine rings is 1. The highest BCUT2D eigenvalue weighted by Crippen LogP contribution is 2.26. The van der Waals surface area contributed by atoms with E-state index in [2.05, 4.69) is 15.0 Å². The van der Waals surface area contributed by atoms with Gasteiger partial charge in [-0.05, 0) is 31.0 Å². The maximum Gasteiger partial charge on any atom is 0.258 e. The fourth-order valence-electron chi connectivity index (χ4n) is 3.99. The average molecular weight is 389 g/mol. The molecule has 0 radical (unpaired) electrons. The lowest BCUT2D eigenvalue weighted by molar-refractivity contribution is -0.138. The molecule has 6 nitrogen and oxygen atoms in total. The monoisotopic (exact) mass is 388 g/mol. The van der Waals surface area contributed by atoms with Gasteiger partial charge >= 0.3 is 0 Å². The number of hydrogen-bond acceptors (Lipinski definition) is 5. The number of nitrogens with zero attached hydrogens (tertiary/aromatic N) is 4. The van der Waals surface area contributed by atoms with Gasteiger partial charge in [0.25, 0.3) is 5.89 Å². The molecule has 1 aliphatic heterocycles. The van der Waals surface area contributed by atoms with Gasteiger partial charge in [-0.15, -0.1) is 0 Å². The third-order valence-corrected chi connectivity index (χ3v) is 5.78. The molecule has 0 spiro atoms. The highest BCUT2D eigenvalue weighted by molar-refractivity contribution is 6.30. The maximum atomic E-state index is 12.7.